The van der Waals surface area contributed by atoms with Crippen molar-refractivity contribution in [1.82, 2.24) is 5.32 Å². The van der Waals surface area contributed by atoms with Gasteiger partial charge in [0.05, 0.1) is 29.0 Å². The molecule has 9 heteroatoms. The van der Waals surface area contributed by atoms with Crippen LogP contribution in [0.15, 0.2) is 47.1 Å². The molecule has 26 heavy (non-hydrogen) atoms. The van der Waals surface area contributed by atoms with Crippen LogP contribution in [-0.2, 0) is 20.6 Å². The lowest BCUT2D eigenvalue weighted by molar-refractivity contribution is -0.119. The first-order valence-electron chi connectivity index (χ1n) is 7.97. The number of nitrogens with one attached hydrogen (secondary N) is 1. The SMILES string of the molecule is CS(=O)(=O)N(CC(=O)NCCCSCc1ccco1)c1ccccc1Cl. The van der Waals surface area contributed by atoms with E-state index in [2.05, 4.69) is 5.32 Å². The van der Waals surface area contributed by atoms with E-state index in [0.717, 1.165) is 34.2 Å². The summed E-state index contributed by atoms with van der Waals surface area (Å²) >= 11 is 7.77. The molecule has 2 rings (SSSR count). The Bertz CT molecular complexity index is 810. The Kier molecular flexibility index (Phi) is 7.86. The van der Waals surface area contributed by atoms with Crippen LogP contribution in [0.1, 0.15) is 12.2 Å². The average molecular weight is 417 g/mol. The summed E-state index contributed by atoms with van der Waals surface area (Å²) in [7, 11) is -3.63. The molecule has 1 amide bonds. The van der Waals surface area contributed by atoms with Gasteiger partial charge < -0.3 is 9.73 Å². The monoisotopic (exact) mass is 416 g/mol. The molecule has 1 N–H and O–H groups in total. The number of furan rings is 1. The van der Waals surface area contributed by atoms with Crippen LogP contribution in [0.3, 0.4) is 0 Å². The molecule has 0 bridgehead atoms. The van der Waals surface area contributed by atoms with Crippen molar-refractivity contribution in [2.75, 3.05) is 29.4 Å². The molecular formula is C17H21ClN2O4S2. The number of benzene rings is 1. The number of carbonyl (C=O) groups is 1. The number of rotatable bonds is 10. The van der Waals surface area contributed by atoms with E-state index in [1.165, 1.54) is 0 Å². The summed E-state index contributed by atoms with van der Waals surface area (Å²) < 4.78 is 30.3. The first-order chi connectivity index (χ1) is 12.4. The van der Waals surface area contributed by atoms with E-state index in [-0.39, 0.29) is 17.5 Å². The molecule has 0 saturated heterocycles. The van der Waals surface area contributed by atoms with Gasteiger partial charge >= 0.3 is 0 Å². The van der Waals surface area contributed by atoms with Crippen molar-refractivity contribution < 1.29 is 17.6 Å². The van der Waals surface area contributed by atoms with Gasteiger partial charge in [0.25, 0.3) is 0 Å². The molecule has 1 heterocycles. The third kappa shape index (κ3) is 6.59. The fraction of sp³-hybridized carbons (Fsp3) is 0.353. The van der Waals surface area contributed by atoms with Crippen molar-refractivity contribution in [2.45, 2.75) is 12.2 Å². The zero-order valence-electron chi connectivity index (χ0n) is 14.4. The zero-order valence-corrected chi connectivity index (χ0v) is 16.7. The van der Waals surface area contributed by atoms with Gasteiger partial charge in [-0.2, -0.15) is 11.8 Å². The fourth-order valence-electron chi connectivity index (χ4n) is 2.19. The van der Waals surface area contributed by atoms with Crippen LogP contribution >= 0.6 is 23.4 Å². The highest BCUT2D eigenvalue weighted by Crippen LogP contribution is 2.26. The first kappa shape index (κ1) is 20.7. The predicted molar refractivity (Wildman–Crippen MR) is 106 cm³/mol. The molecule has 0 radical (unpaired) electrons. The van der Waals surface area contributed by atoms with Crippen molar-refractivity contribution in [3.8, 4) is 0 Å². The highest BCUT2D eigenvalue weighted by Gasteiger charge is 2.22. The standard InChI is InChI=1S/C17H21ClN2O4S2/c1-26(22,23)20(16-8-3-2-7-15(16)18)12-17(21)19-9-5-11-25-13-14-6-4-10-24-14/h2-4,6-8,10H,5,9,11-13H2,1H3,(H,19,21). The largest absolute Gasteiger partial charge is 0.468 e. The molecule has 2 aromatic rings. The number of anilines is 1. The van der Waals surface area contributed by atoms with Gasteiger partial charge in [-0.25, -0.2) is 8.42 Å². The van der Waals surface area contributed by atoms with Crippen molar-refractivity contribution in [3.63, 3.8) is 0 Å². The van der Waals surface area contributed by atoms with Crippen molar-refractivity contribution in [3.05, 3.63) is 53.4 Å². The van der Waals surface area contributed by atoms with Crippen LogP contribution < -0.4 is 9.62 Å². The smallest absolute Gasteiger partial charge is 0.240 e. The van der Waals surface area contributed by atoms with Crippen LogP contribution in [0.2, 0.25) is 5.02 Å². The Morgan fingerprint density at radius 3 is 2.69 bits per heavy atom. The molecule has 142 valence electrons. The second-order valence-corrected chi connectivity index (χ2v) is 8.98. The number of para-hydroxylation sites is 1. The number of sulfonamides is 1. The normalized spacial score (nSPS) is 11.3. The molecule has 0 aliphatic heterocycles. The van der Waals surface area contributed by atoms with Gasteiger partial charge in [0.2, 0.25) is 15.9 Å². The molecule has 0 unspecified atom stereocenters. The molecule has 6 nitrogen and oxygen atoms in total. The summed E-state index contributed by atoms with van der Waals surface area (Å²) in [6.07, 6.45) is 3.47. The second kappa shape index (κ2) is 9.89. The predicted octanol–water partition coefficient (Wildman–Crippen LogP) is 3.14. The Morgan fingerprint density at radius 2 is 2.04 bits per heavy atom. The van der Waals surface area contributed by atoms with Crippen molar-refractivity contribution in [1.29, 1.82) is 0 Å². The van der Waals surface area contributed by atoms with Gasteiger partial charge in [-0.15, -0.1) is 0 Å². The first-order valence-corrected chi connectivity index (χ1v) is 11.3. The van der Waals surface area contributed by atoms with Crippen LogP contribution in [0.5, 0.6) is 0 Å². The zero-order chi connectivity index (χ0) is 19.0. The Morgan fingerprint density at radius 1 is 1.27 bits per heavy atom. The molecule has 0 spiro atoms. The lowest BCUT2D eigenvalue weighted by atomic mass is 10.3. The maximum atomic E-state index is 12.1. The summed E-state index contributed by atoms with van der Waals surface area (Å²) in [5.74, 6) is 2.20. The Balaban J connectivity index is 1.78. The summed E-state index contributed by atoms with van der Waals surface area (Å²) in [5, 5.41) is 3.02. The number of hydrogen-bond acceptors (Lipinski definition) is 5. The van der Waals surface area contributed by atoms with E-state index < -0.39 is 10.0 Å². The number of carbonyl (C=O) groups excluding carboxylic acids is 1. The molecule has 0 fully saturated rings. The van der Waals surface area contributed by atoms with Crippen molar-refractivity contribution >= 4 is 45.0 Å². The molecule has 0 atom stereocenters. The van der Waals surface area contributed by atoms with Crippen LogP contribution in [0.25, 0.3) is 0 Å². The van der Waals surface area contributed by atoms with E-state index in [1.807, 2.05) is 12.1 Å². The lowest BCUT2D eigenvalue weighted by Gasteiger charge is -2.22. The van der Waals surface area contributed by atoms with Gasteiger partial charge in [-0.05, 0) is 36.4 Å². The minimum Gasteiger partial charge on any atom is -0.468 e. The van der Waals surface area contributed by atoms with E-state index in [4.69, 9.17) is 16.0 Å². The minimum atomic E-state index is -3.63. The third-order valence-corrected chi connectivity index (χ3v) is 5.93. The topological polar surface area (TPSA) is 79.6 Å². The van der Waals surface area contributed by atoms with Gasteiger partial charge in [0.15, 0.2) is 0 Å². The van der Waals surface area contributed by atoms with Gasteiger partial charge in [0, 0.05) is 6.54 Å². The summed E-state index contributed by atoms with van der Waals surface area (Å²) in [5.41, 5.74) is 0.292. The summed E-state index contributed by atoms with van der Waals surface area (Å²) in [4.78, 5) is 12.1. The van der Waals surface area contributed by atoms with E-state index in [0.29, 0.717) is 12.2 Å². The number of nitrogens with zero attached hydrogens (tertiary/aromatic N) is 1. The average Bonchev–Trinajstić information content (AvgIpc) is 3.09. The van der Waals surface area contributed by atoms with Crippen LogP contribution in [-0.4, -0.2) is 39.4 Å². The maximum Gasteiger partial charge on any atom is 0.240 e. The van der Waals surface area contributed by atoms with Crippen LogP contribution in [0.4, 0.5) is 5.69 Å². The number of thioether (sulfide) groups is 1. The molecule has 1 aromatic carbocycles. The van der Waals surface area contributed by atoms with E-state index in [9.17, 15) is 13.2 Å². The van der Waals surface area contributed by atoms with Gasteiger partial charge in [-0.1, -0.05) is 23.7 Å². The molecule has 0 aliphatic rings. The van der Waals surface area contributed by atoms with Gasteiger partial charge in [-0.3, -0.25) is 9.10 Å². The van der Waals surface area contributed by atoms with E-state index in [1.54, 1.807) is 42.3 Å². The Labute approximate surface area is 162 Å². The maximum absolute atomic E-state index is 12.1. The summed E-state index contributed by atoms with van der Waals surface area (Å²) in [6.45, 7) is 0.173. The highest BCUT2D eigenvalue weighted by atomic mass is 35.5. The quantitative estimate of drug-likeness (QED) is 0.602. The molecule has 1 aromatic heterocycles. The highest BCUT2D eigenvalue weighted by molar-refractivity contribution is 7.98. The Hall–Kier alpha value is -1.64. The summed E-state index contributed by atoms with van der Waals surface area (Å²) in [6, 6.07) is 10.3. The number of amides is 1. The third-order valence-electron chi connectivity index (χ3n) is 3.42. The second-order valence-electron chi connectivity index (χ2n) is 5.56. The number of hydrogen-bond donors (Lipinski definition) is 1. The molecule has 0 saturated carbocycles. The van der Waals surface area contributed by atoms with Gasteiger partial charge in [0.1, 0.15) is 12.3 Å². The lowest BCUT2D eigenvalue weighted by Crippen LogP contribution is -2.40. The van der Waals surface area contributed by atoms with Crippen molar-refractivity contribution in [2.24, 2.45) is 0 Å². The molecule has 0 aliphatic carbocycles. The number of halogens is 1. The van der Waals surface area contributed by atoms with Crippen LogP contribution in [0, 0.1) is 0 Å². The van der Waals surface area contributed by atoms with E-state index >= 15 is 0 Å². The fourth-order valence-corrected chi connectivity index (χ4v) is 4.21. The molecular weight excluding hydrogens is 396 g/mol. The minimum absolute atomic E-state index is 0.278.